The van der Waals surface area contributed by atoms with Crippen molar-refractivity contribution < 1.29 is 15.0 Å². The number of ketones is 1. The standard InChI is InChI=1S/C17H18O3/c1-12(18)15(16(19)13-8-4-2-5-9-13)17(20)14-10-6-3-7-11-14/h2-12,15-16,18-19H,1H3/t12-,15+,16+/m0/s1. The molecule has 0 amide bonds. The van der Waals surface area contributed by atoms with Gasteiger partial charge in [-0.2, -0.15) is 0 Å². The van der Waals surface area contributed by atoms with Crippen LogP contribution >= 0.6 is 0 Å². The molecule has 3 atom stereocenters. The van der Waals surface area contributed by atoms with Gasteiger partial charge in [0.1, 0.15) is 0 Å². The van der Waals surface area contributed by atoms with E-state index in [1.54, 1.807) is 48.5 Å². The molecule has 0 fully saturated rings. The summed E-state index contributed by atoms with van der Waals surface area (Å²) in [7, 11) is 0. The molecule has 0 radical (unpaired) electrons. The third kappa shape index (κ3) is 3.13. The fourth-order valence-corrected chi connectivity index (χ4v) is 2.28. The van der Waals surface area contributed by atoms with Crippen LogP contribution in [0.15, 0.2) is 60.7 Å². The summed E-state index contributed by atoms with van der Waals surface area (Å²) in [6.07, 6.45) is -1.96. The number of aliphatic hydroxyl groups excluding tert-OH is 2. The predicted octanol–water partition coefficient (Wildman–Crippen LogP) is 2.60. The van der Waals surface area contributed by atoms with Crippen LogP contribution in [-0.2, 0) is 0 Å². The molecule has 0 bridgehead atoms. The van der Waals surface area contributed by atoms with Crippen LogP contribution < -0.4 is 0 Å². The molecule has 0 unspecified atom stereocenters. The van der Waals surface area contributed by atoms with Crippen LogP contribution in [-0.4, -0.2) is 22.1 Å². The monoisotopic (exact) mass is 270 g/mol. The lowest BCUT2D eigenvalue weighted by atomic mass is 9.85. The van der Waals surface area contributed by atoms with Gasteiger partial charge in [0.25, 0.3) is 0 Å². The predicted molar refractivity (Wildman–Crippen MR) is 77.3 cm³/mol. The summed E-state index contributed by atoms with van der Waals surface area (Å²) in [5, 5.41) is 20.3. The van der Waals surface area contributed by atoms with E-state index in [0.29, 0.717) is 11.1 Å². The van der Waals surface area contributed by atoms with Gasteiger partial charge in [0.05, 0.1) is 18.1 Å². The van der Waals surface area contributed by atoms with Crippen molar-refractivity contribution in [3.63, 3.8) is 0 Å². The van der Waals surface area contributed by atoms with E-state index in [1.807, 2.05) is 12.1 Å². The molecule has 104 valence electrons. The van der Waals surface area contributed by atoms with Crippen LogP contribution in [0.1, 0.15) is 28.9 Å². The normalized spacial score (nSPS) is 15.3. The van der Waals surface area contributed by atoms with Crippen molar-refractivity contribution in [3.05, 3.63) is 71.8 Å². The average Bonchev–Trinajstić information content (AvgIpc) is 2.48. The fraction of sp³-hybridized carbons (Fsp3) is 0.235. The lowest BCUT2D eigenvalue weighted by Gasteiger charge is -2.24. The molecule has 2 N–H and O–H groups in total. The Labute approximate surface area is 118 Å². The van der Waals surface area contributed by atoms with E-state index in [1.165, 1.54) is 6.92 Å². The van der Waals surface area contributed by atoms with Crippen molar-refractivity contribution in [2.45, 2.75) is 19.1 Å². The summed E-state index contributed by atoms with van der Waals surface area (Å²) in [4.78, 5) is 12.5. The molecule has 3 heteroatoms. The Morgan fingerprint density at radius 2 is 1.40 bits per heavy atom. The van der Waals surface area contributed by atoms with Gasteiger partial charge in [0.15, 0.2) is 5.78 Å². The Hall–Kier alpha value is -1.97. The zero-order chi connectivity index (χ0) is 14.5. The third-order valence-electron chi connectivity index (χ3n) is 3.36. The lowest BCUT2D eigenvalue weighted by Crippen LogP contribution is -2.32. The molecule has 0 aromatic heterocycles. The molecular weight excluding hydrogens is 252 g/mol. The molecule has 0 aliphatic heterocycles. The number of hydrogen-bond acceptors (Lipinski definition) is 3. The van der Waals surface area contributed by atoms with Crippen molar-refractivity contribution in [3.8, 4) is 0 Å². The summed E-state index contributed by atoms with van der Waals surface area (Å²) in [6, 6.07) is 17.7. The first-order valence-electron chi connectivity index (χ1n) is 6.61. The van der Waals surface area contributed by atoms with Gasteiger partial charge in [-0.15, -0.1) is 0 Å². The molecule has 0 aliphatic carbocycles. The van der Waals surface area contributed by atoms with Gasteiger partial charge in [-0.25, -0.2) is 0 Å². The van der Waals surface area contributed by atoms with Crippen LogP contribution in [0.5, 0.6) is 0 Å². The second-order valence-electron chi connectivity index (χ2n) is 4.85. The van der Waals surface area contributed by atoms with Crippen LogP contribution in [0.25, 0.3) is 0 Å². The number of carbonyl (C=O) groups is 1. The Kier molecular flexibility index (Phi) is 4.66. The molecule has 0 heterocycles. The number of benzene rings is 2. The second kappa shape index (κ2) is 6.46. The molecule has 20 heavy (non-hydrogen) atoms. The zero-order valence-corrected chi connectivity index (χ0v) is 11.3. The van der Waals surface area contributed by atoms with E-state index >= 15 is 0 Å². The number of carbonyl (C=O) groups excluding carboxylic acids is 1. The number of rotatable bonds is 5. The fourth-order valence-electron chi connectivity index (χ4n) is 2.28. The van der Waals surface area contributed by atoms with Crippen molar-refractivity contribution in [1.29, 1.82) is 0 Å². The molecule has 3 nitrogen and oxygen atoms in total. The molecule has 0 aliphatic rings. The number of hydrogen-bond donors (Lipinski definition) is 2. The highest BCUT2D eigenvalue weighted by Gasteiger charge is 2.32. The van der Waals surface area contributed by atoms with Gasteiger partial charge in [-0.3, -0.25) is 4.79 Å². The van der Waals surface area contributed by atoms with Crippen molar-refractivity contribution >= 4 is 5.78 Å². The smallest absolute Gasteiger partial charge is 0.171 e. The first kappa shape index (κ1) is 14.4. The summed E-state index contributed by atoms with van der Waals surface area (Å²) in [5.74, 6) is -1.13. The first-order valence-corrected chi connectivity index (χ1v) is 6.61. The van der Waals surface area contributed by atoms with E-state index in [-0.39, 0.29) is 5.78 Å². The van der Waals surface area contributed by atoms with Gasteiger partial charge in [0.2, 0.25) is 0 Å². The van der Waals surface area contributed by atoms with Gasteiger partial charge in [-0.1, -0.05) is 60.7 Å². The minimum atomic E-state index is -1.02. The van der Waals surface area contributed by atoms with Crippen LogP contribution in [0.4, 0.5) is 0 Å². The SMILES string of the molecule is C[C@H](O)[C@@H](C(=O)c1ccccc1)[C@H](O)c1ccccc1. The molecule has 2 rings (SSSR count). The lowest BCUT2D eigenvalue weighted by molar-refractivity contribution is 0.0222. The minimum absolute atomic E-state index is 0.253. The van der Waals surface area contributed by atoms with E-state index in [2.05, 4.69) is 0 Å². The Morgan fingerprint density at radius 1 is 0.900 bits per heavy atom. The van der Waals surface area contributed by atoms with Crippen molar-refractivity contribution in [1.82, 2.24) is 0 Å². The highest BCUT2D eigenvalue weighted by molar-refractivity contribution is 5.98. The van der Waals surface area contributed by atoms with Gasteiger partial charge >= 0.3 is 0 Å². The first-order chi connectivity index (χ1) is 9.61. The summed E-state index contributed by atoms with van der Waals surface area (Å²) < 4.78 is 0. The summed E-state index contributed by atoms with van der Waals surface area (Å²) in [5.41, 5.74) is 1.12. The van der Waals surface area contributed by atoms with E-state index in [0.717, 1.165) is 0 Å². The van der Waals surface area contributed by atoms with Gasteiger partial charge in [-0.05, 0) is 12.5 Å². The highest BCUT2D eigenvalue weighted by atomic mass is 16.3. The van der Waals surface area contributed by atoms with E-state index < -0.39 is 18.1 Å². The summed E-state index contributed by atoms with van der Waals surface area (Å²) >= 11 is 0. The average molecular weight is 270 g/mol. The van der Waals surface area contributed by atoms with Crippen LogP contribution in [0, 0.1) is 5.92 Å². The number of aliphatic hydroxyl groups is 2. The van der Waals surface area contributed by atoms with Crippen LogP contribution in [0.2, 0.25) is 0 Å². The largest absolute Gasteiger partial charge is 0.393 e. The topological polar surface area (TPSA) is 57.5 Å². The molecular formula is C17H18O3. The highest BCUT2D eigenvalue weighted by Crippen LogP contribution is 2.28. The molecule has 0 saturated heterocycles. The summed E-state index contributed by atoms with van der Waals surface area (Å²) in [6.45, 7) is 1.53. The maximum atomic E-state index is 12.5. The van der Waals surface area contributed by atoms with Gasteiger partial charge < -0.3 is 10.2 Å². The maximum absolute atomic E-state index is 12.5. The van der Waals surface area contributed by atoms with E-state index in [9.17, 15) is 15.0 Å². The van der Waals surface area contributed by atoms with Crippen LogP contribution in [0.3, 0.4) is 0 Å². The Morgan fingerprint density at radius 3 is 1.90 bits per heavy atom. The molecule has 0 saturated carbocycles. The van der Waals surface area contributed by atoms with E-state index in [4.69, 9.17) is 0 Å². The Balaban J connectivity index is 2.30. The Bertz CT molecular complexity index is 549. The third-order valence-corrected chi connectivity index (χ3v) is 3.36. The zero-order valence-electron chi connectivity index (χ0n) is 11.3. The van der Waals surface area contributed by atoms with Crippen molar-refractivity contribution in [2.75, 3.05) is 0 Å². The number of Topliss-reactive ketones (excluding diaryl/α,β-unsaturated/α-hetero) is 1. The maximum Gasteiger partial charge on any atom is 0.171 e. The van der Waals surface area contributed by atoms with Gasteiger partial charge in [0, 0.05) is 5.56 Å². The van der Waals surface area contributed by atoms with Crippen molar-refractivity contribution in [2.24, 2.45) is 5.92 Å². The quantitative estimate of drug-likeness (QED) is 0.821. The molecule has 2 aromatic rings. The molecule has 2 aromatic carbocycles. The molecule has 0 spiro atoms. The minimum Gasteiger partial charge on any atom is -0.393 e. The second-order valence-corrected chi connectivity index (χ2v) is 4.85.